The minimum absolute atomic E-state index is 0.153. The number of carbonyl (C=O) groups is 2. The standard InChI is InChI=1S/C21H25N3O3/c1-27-15-14-23(16-17-6-3-2-4-7-17)21(26)22-18-9-11-19(12-10-18)24-13-5-8-20(24)25/h2-4,6-7,9-12H,5,8,13-16H2,1H3,(H,22,26). The number of urea groups is 1. The van der Waals surface area contributed by atoms with Crippen molar-refractivity contribution in [3.8, 4) is 0 Å². The molecule has 0 bridgehead atoms. The lowest BCUT2D eigenvalue weighted by molar-refractivity contribution is -0.117. The lowest BCUT2D eigenvalue weighted by atomic mass is 10.2. The summed E-state index contributed by atoms with van der Waals surface area (Å²) in [5, 5.41) is 2.93. The van der Waals surface area contributed by atoms with E-state index in [2.05, 4.69) is 5.32 Å². The van der Waals surface area contributed by atoms with Crippen molar-refractivity contribution in [3.05, 3.63) is 60.2 Å². The molecule has 3 rings (SSSR count). The second-order valence-corrected chi connectivity index (χ2v) is 6.53. The molecule has 6 nitrogen and oxygen atoms in total. The van der Waals surface area contributed by atoms with Crippen LogP contribution in [-0.2, 0) is 16.1 Å². The first-order valence-electron chi connectivity index (χ1n) is 9.16. The maximum Gasteiger partial charge on any atom is 0.322 e. The highest BCUT2D eigenvalue weighted by molar-refractivity contribution is 5.96. The van der Waals surface area contributed by atoms with Gasteiger partial charge in [-0.05, 0) is 36.2 Å². The maximum absolute atomic E-state index is 12.7. The van der Waals surface area contributed by atoms with Crippen molar-refractivity contribution < 1.29 is 14.3 Å². The average molecular weight is 367 g/mol. The summed E-state index contributed by atoms with van der Waals surface area (Å²) >= 11 is 0. The first kappa shape index (κ1) is 18.9. The van der Waals surface area contributed by atoms with Crippen LogP contribution in [0.2, 0.25) is 0 Å². The van der Waals surface area contributed by atoms with Crippen LogP contribution >= 0.6 is 0 Å². The number of benzene rings is 2. The van der Waals surface area contributed by atoms with Crippen molar-refractivity contribution in [2.45, 2.75) is 19.4 Å². The molecule has 0 atom stereocenters. The number of anilines is 2. The number of carbonyl (C=O) groups excluding carboxylic acids is 2. The molecule has 0 unspecified atom stereocenters. The van der Waals surface area contributed by atoms with E-state index in [-0.39, 0.29) is 11.9 Å². The van der Waals surface area contributed by atoms with E-state index < -0.39 is 0 Å². The van der Waals surface area contributed by atoms with Gasteiger partial charge in [0.2, 0.25) is 5.91 Å². The lowest BCUT2D eigenvalue weighted by Crippen LogP contribution is -2.36. The summed E-state index contributed by atoms with van der Waals surface area (Å²) in [4.78, 5) is 28.1. The number of nitrogens with zero attached hydrogens (tertiary/aromatic N) is 2. The van der Waals surface area contributed by atoms with E-state index in [1.165, 1.54) is 0 Å². The number of methoxy groups -OCH3 is 1. The molecule has 142 valence electrons. The van der Waals surface area contributed by atoms with Gasteiger partial charge in [-0.2, -0.15) is 0 Å². The van der Waals surface area contributed by atoms with Crippen LogP contribution in [0.3, 0.4) is 0 Å². The third-order valence-electron chi connectivity index (χ3n) is 4.57. The normalized spacial score (nSPS) is 13.7. The summed E-state index contributed by atoms with van der Waals surface area (Å²) in [6, 6.07) is 17.1. The Morgan fingerprint density at radius 1 is 1.15 bits per heavy atom. The molecule has 2 aromatic carbocycles. The van der Waals surface area contributed by atoms with Gasteiger partial charge >= 0.3 is 6.03 Å². The van der Waals surface area contributed by atoms with E-state index in [9.17, 15) is 9.59 Å². The summed E-state index contributed by atoms with van der Waals surface area (Å²) < 4.78 is 5.13. The highest BCUT2D eigenvalue weighted by Gasteiger charge is 2.21. The third-order valence-corrected chi connectivity index (χ3v) is 4.57. The summed E-state index contributed by atoms with van der Waals surface area (Å²) in [7, 11) is 1.62. The first-order valence-corrected chi connectivity index (χ1v) is 9.16. The zero-order valence-electron chi connectivity index (χ0n) is 15.6. The molecule has 1 aliphatic heterocycles. The molecule has 2 aromatic rings. The minimum atomic E-state index is -0.180. The topological polar surface area (TPSA) is 61.9 Å². The van der Waals surface area contributed by atoms with Crippen molar-refractivity contribution in [2.24, 2.45) is 0 Å². The predicted octanol–water partition coefficient (Wildman–Crippen LogP) is 3.49. The van der Waals surface area contributed by atoms with Crippen LogP contribution in [0.1, 0.15) is 18.4 Å². The van der Waals surface area contributed by atoms with E-state index in [1.54, 1.807) is 16.9 Å². The molecule has 1 aliphatic rings. The summed E-state index contributed by atoms with van der Waals surface area (Å²) in [5.74, 6) is 0.153. The molecule has 3 amide bonds. The number of hydrogen-bond donors (Lipinski definition) is 1. The van der Waals surface area contributed by atoms with Crippen LogP contribution in [0.4, 0.5) is 16.2 Å². The molecule has 0 radical (unpaired) electrons. The van der Waals surface area contributed by atoms with Gasteiger partial charge < -0.3 is 19.9 Å². The van der Waals surface area contributed by atoms with Gasteiger partial charge in [0.25, 0.3) is 0 Å². The predicted molar refractivity (Wildman–Crippen MR) is 106 cm³/mol. The van der Waals surface area contributed by atoms with Gasteiger partial charge in [-0.3, -0.25) is 4.79 Å². The molecular formula is C21H25N3O3. The van der Waals surface area contributed by atoms with Crippen molar-refractivity contribution in [2.75, 3.05) is 37.0 Å². The Morgan fingerprint density at radius 3 is 2.52 bits per heavy atom. The Hall–Kier alpha value is -2.86. The zero-order valence-corrected chi connectivity index (χ0v) is 15.6. The largest absolute Gasteiger partial charge is 0.383 e. The summed E-state index contributed by atoms with van der Waals surface area (Å²) in [5.41, 5.74) is 2.63. The number of amides is 3. The van der Waals surface area contributed by atoms with Gasteiger partial charge in [0, 0.05) is 44.5 Å². The Morgan fingerprint density at radius 2 is 1.89 bits per heavy atom. The van der Waals surface area contributed by atoms with E-state index in [1.807, 2.05) is 54.6 Å². The van der Waals surface area contributed by atoms with E-state index in [0.717, 1.165) is 24.2 Å². The van der Waals surface area contributed by atoms with Gasteiger partial charge in [0.05, 0.1) is 6.61 Å². The van der Waals surface area contributed by atoms with Crippen LogP contribution in [0, 0.1) is 0 Å². The van der Waals surface area contributed by atoms with E-state index >= 15 is 0 Å². The average Bonchev–Trinajstić information content (AvgIpc) is 3.12. The summed E-state index contributed by atoms with van der Waals surface area (Å²) in [6.07, 6.45) is 1.50. The van der Waals surface area contributed by atoms with Crippen molar-refractivity contribution in [3.63, 3.8) is 0 Å². The van der Waals surface area contributed by atoms with Crippen LogP contribution < -0.4 is 10.2 Å². The fourth-order valence-corrected chi connectivity index (χ4v) is 3.11. The molecule has 1 heterocycles. The second kappa shape index (κ2) is 9.19. The Balaban J connectivity index is 1.64. The van der Waals surface area contributed by atoms with Gasteiger partial charge in [-0.15, -0.1) is 0 Å². The first-order chi connectivity index (χ1) is 13.2. The fraction of sp³-hybridized carbons (Fsp3) is 0.333. The van der Waals surface area contributed by atoms with Crippen LogP contribution in [-0.4, -0.2) is 43.6 Å². The number of nitrogens with one attached hydrogen (secondary N) is 1. The van der Waals surface area contributed by atoms with Gasteiger partial charge in [0.15, 0.2) is 0 Å². The van der Waals surface area contributed by atoms with Gasteiger partial charge in [-0.25, -0.2) is 4.79 Å². The Labute approximate surface area is 159 Å². The van der Waals surface area contributed by atoms with Crippen LogP contribution in [0.5, 0.6) is 0 Å². The SMILES string of the molecule is COCCN(Cc1ccccc1)C(=O)Nc1ccc(N2CCCC2=O)cc1. The van der Waals surface area contributed by atoms with Crippen molar-refractivity contribution in [1.29, 1.82) is 0 Å². The van der Waals surface area contributed by atoms with Crippen LogP contribution in [0.15, 0.2) is 54.6 Å². The number of hydrogen-bond acceptors (Lipinski definition) is 3. The molecule has 0 saturated carbocycles. The molecule has 6 heteroatoms. The molecule has 1 saturated heterocycles. The van der Waals surface area contributed by atoms with Gasteiger partial charge in [0.1, 0.15) is 0 Å². The van der Waals surface area contributed by atoms with E-state index in [4.69, 9.17) is 4.74 Å². The molecule has 0 aromatic heterocycles. The number of ether oxygens (including phenoxy) is 1. The summed E-state index contributed by atoms with van der Waals surface area (Å²) in [6.45, 7) is 2.23. The quantitative estimate of drug-likeness (QED) is 0.815. The molecular weight excluding hydrogens is 342 g/mol. The van der Waals surface area contributed by atoms with Crippen molar-refractivity contribution in [1.82, 2.24) is 4.90 Å². The third kappa shape index (κ3) is 5.08. The molecule has 1 N–H and O–H groups in total. The van der Waals surface area contributed by atoms with Gasteiger partial charge in [-0.1, -0.05) is 30.3 Å². The monoisotopic (exact) mass is 367 g/mol. The molecule has 0 aliphatic carbocycles. The lowest BCUT2D eigenvalue weighted by Gasteiger charge is -2.23. The Kier molecular flexibility index (Phi) is 6.44. The Bertz CT molecular complexity index is 762. The maximum atomic E-state index is 12.7. The van der Waals surface area contributed by atoms with E-state index in [0.29, 0.717) is 31.8 Å². The number of rotatable bonds is 7. The molecule has 0 spiro atoms. The van der Waals surface area contributed by atoms with Crippen LogP contribution in [0.25, 0.3) is 0 Å². The smallest absolute Gasteiger partial charge is 0.322 e. The molecule has 1 fully saturated rings. The second-order valence-electron chi connectivity index (χ2n) is 6.53. The highest BCUT2D eigenvalue weighted by atomic mass is 16.5. The minimum Gasteiger partial charge on any atom is -0.383 e. The zero-order chi connectivity index (χ0) is 19.1. The van der Waals surface area contributed by atoms with Crippen molar-refractivity contribution >= 4 is 23.3 Å². The fourth-order valence-electron chi connectivity index (χ4n) is 3.11. The highest BCUT2D eigenvalue weighted by Crippen LogP contribution is 2.23. The molecule has 27 heavy (non-hydrogen) atoms.